The molecule has 19 heavy (non-hydrogen) atoms. The van der Waals surface area contributed by atoms with Gasteiger partial charge in [0.05, 0.1) is 0 Å². The molecule has 0 amide bonds. The van der Waals surface area contributed by atoms with Crippen LogP contribution < -0.4 is 5.73 Å². The molecule has 0 saturated heterocycles. The molecular formula is C16H24N2O. The molecule has 3 heteroatoms. The molecular weight excluding hydrogens is 236 g/mol. The van der Waals surface area contributed by atoms with Crippen LogP contribution in [-0.4, -0.2) is 11.0 Å². The molecule has 0 aliphatic heterocycles. The Labute approximate surface area is 115 Å². The van der Waals surface area contributed by atoms with Gasteiger partial charge in [0.2, 0.25) is 0 Å². The largest absolute Gasteiger partial charge is 0.441 e. The highest BCUT2D eigenvalue weighted by Gasteiger charge is 2.18. The van der Waals surface area contributed by atoms with Crippen LogP contribution in [0.5, 0.6) is 0 Å². The molecule has 104 valence electrons. The molecule has 0 radical (unpaired) electrons. The minimum Gasteiger partial charge on any atom is -0.441 e. The van der Waals surface area contributed by atoms with Crippen LogP contribution in [0.3, 0.4) is 0 Å². The monoisotopic (exact) mass is 260 g/mol. The van der Waals surface area contributed by atoms with Gasteiger partial charge in [-0.15, -0.1) is 0 Å². The summed E-state index contributed by atoms with van der Waals surface area (Å²) in [7, 11) is 0. The Hall–Kier alpha value is -1.35. The SMILES string of the molecule is CCCCC(CC)C(N)Cc1nc2ccccc2o1. The summed E-state index contributed by atoms with van der Waals surface area (Å²) in [6.07, 6.45) is 5.54. The van der Waals surface area contributed by atoms with Crippen molar-refractivity contribution >= 4 is 11.1 Å². The van der Waals surface area contributed by atoms with E-state index in [0.717, 1.165) is 29.8 Å². The summed E-state index contributed by atoms with van der Waals surface area (Å²) in [5, 5.41) is 0. The van der Waals surface area contributed by atoms with Crippen LogP contribution in [0.1, 0.15) is 45.4 Å². The van der Waals surface area contributed by atoms with E-state index in [1.54, 1.807) is 0 Å². The molecule has 0 aliphatic carbocycles. The van der Waals surface area contributed by atoms with E-state index < -0.39 is 0 Å². The first-order chi connectivity index (χ1) is 9.24. The number of hydrogen-bond acceptors (Lipinski definition) is 3. The van der Waals surface area contributed by atoms with Crippen molar-refractivity contribution < 1.29 is 4.42 Å². The van der Waals surface area contributed by atoms with Gasteiger partial charge in [0, 0.05) is 12.5 Å². The van der Waals surface area contributed by atoms with Crippen LogP contribution >= 0.6 is 0 Å². The number of hydrogen-bond donors (Lipinski definition) is 1. The highest BCUT2D eigenvalue weighted by Crippen LogP contribution is 2.21. The van der Waals surface area contributed by atoms with Crippen molar-refractivity contribution in [1.29, 1.82) is 0 Å². The number of rotatable bonds is 7. The van der Waals surface area contributed by atoms with Gasteiger partial charge in [0.15, 0.2) is 11.5 Å². The zero-order valence-corrected chi connectivity index (χ0v) is 11.9. The first-order valence-electron chi connectivity index (χ1n) is 7.34. The number of aromatic nitrogens is 1. The summed E-state index contributed by atoms with van der Waals surface area (Å²) < 4.78 is 5.75. The molecule has 2 rings (SSSR count). The molecule has 2 atom stereocenters. The van der Waals surface area contributed by atoms with Crippen LogP contribution in [0.2, 0.25) is 0 Å². The fourth-order valence-electron chi connectivity index (χ4n) is 2.56. The number of nitrogens with two attached hydrogens (primary N) is 1. The van der Waals surface area contributed by atoms with E-state index in [0.29, 0.717) is 5.92 Å². The number of nitrogens with zero attached hydrogens (tertiary/aromatic N) is 1. The minimum atomic E-state index is 0.143. The van der Waals surface area contributed by atoms with E-state index in [9.17, 15) is 0 Å². The molecule has 3 nitrogen and oxygen atoms in total. The van der Waals surface area contributed by atoms with E-state index in [4.69, 9.17) is 10.2 Å². The number of benzene rings is 1. The highest BCUT2D eigenvalue weighted by molar-refractivity contribution is 5.72. The van der Waals surface area contributed by atoms with Gasteiger partial charge >= 0.3 is 0 Å². The smallest absolute Gasteiger partial charge is 0.197 e. The maximum atomic E-state index is 6.32. The number of para-hydroxylation sites is 2. The van der Waals surface area contributed by atoms with Crippen molar-refractivity contribution in [3.63, 3.8) is 0 Å². The lowest BCUT2D eigenvalue weighted by molar-refractivity contribution is 0.349. The van der Waals surface area contributed by atoms with Gasteiger partial charge in [-0.3, -0.25) is 0 Å². The second kappa shape index (κ2) is 6.71. The quantitative estimate of drug-likeness (QED) is 0.821. The lowest BCUT2D eigenvalue weighted by Crippen LogP contribution is -2.32. The van der Waals surface area contributed by atoms with Crippen LogP contribution in [0.4, 0.5) is 0 Å². The Morgan fingerprint density at radius 3 is 2.74 bits per heavy atom. The second-order valence-corrected chi connectivity index (χ2v) is 5.25. The third-order valence-electron chi connectivity index (χ3n) is 3.81. The number of unbranched alkanes of at least 4 members (excludes halogenated alkanes) is 1. The lowest BCUT2D eigenvalue weighted by Gasteiger charge is -2.21. The predicted octanol–water partition coefficient (Wildman–Crippen LogP) is 3.91. The Bertz CT molecular complexity index is 473. The average Bonchev–Trinajstić information content (AvgIpc) is 2.81. The molecule has 0 fully saturated rings. The number of fused-ring (bicyclic) bond motifs is 1. The van der Waals surface area contributed by atoms with Gasteiger partial charge < -0.3 is 10.2 Å². The predicted molar refractivity (Wildman–Crippen MR) is 79.0 cm³/mol. The Kier molecular flexibility index (Phi) is 4.97. The summed E-state index contributed by atoms with van der Waals surface area (Å²) in [6.45, 7) is 4.44. The van der Waals surface area contributed by atoms with Crippen LogP contribution in [0.25, 0.3) is 11.1 Å². The van der Waals surface area contributed by atoms with Gasteiger partial charge in [0.25, 0.3) is 0 Å². The average molecular weight is 260 g/mol. The summed E-state index contributed by atoms with van der Waals surface area (Å²) in [6, 6.07) is 8.01. The molecule has 2 N–H and O–H groups in total. The molecule has 2 unspecified atom stereocenters. The molecule has 1 aromatic carbocycles. The van der Waals surface area contributed by atoms with E-state index in [2.05, 4.69) is 18.8 Å². The van der Waals surface area contributed by atoms with E-state index in [-0.39, 0.29) is 6.04 Å². The Morgan fingerprint density at radius 1 is 1.26 bits per heavy atom. The van der Waals surface area contributed by atoms with E-state index in [1.165, 1.54) is 19.3 Å². The number of oxazole rings is 1. The van der Waals surface area contributed by atoms with Crippen molar-refractivity contribution in [2.24, 2.45) is 11.7 Å². The van der Waals surface area contributed by atoms with Gasteiger partial charge in [-0.05, 0) is 24.5 Å². The third kappa shape index (κ3) is 3.57. The summed E-state index contributed by atoms with van der Waals surface area (Å²) in [5.74, 6) is 1.33. The molecule has 1 aromatic heterocycles. The summed E-state index contributed by atoms with van der Waals surface area (Å²) >= 11 is 0. The normalized spacial score (nSPS) is 14.7. The highest BCUT2D eigenvalue weighted by atomic mass is 16.3. The standard InChI is InChI=1S/C16H24N2O/c1-3-5-8-12(4-2)13(17)11-16-18-14-9-6-7-10-15(14)19-16/h6-7,9-10,12-13H,3-5,8,11,17H2,1-2H3. The minimum absolute atomic E-state index is 0.143. The molecule has 0 bridgehead atoms. The Morgan fingerprint density at radius 2 is 2.05 bits per heavy atom. The topological polar surface area (TPSA) is 52.0 Å². The van der Waals surface area contributed by atoms with Crippen LogP contribution in [0, 0.1) is 5.92 Å². The van der Waals surface area contributed by atoms with Crippen LogP contribution in [0.15, 0.2) is 28.7 Å². The molecule has 0 spiro atoms. The van der Waals surface area contributed by atoms with Crippen molar-refractivity contribution in [1.82, 2.24) is 4.98 Å². The van der Waals surface area contributed by atoms with E-state index >= 15 is 0 Å². The summed E-state index contributed by atoms with van der Waals surface area (Å²) in [5.41, 5.74) is 8.10. The van der Waals surface area contributed by atoms with Gasteiger partial charge in [0.1, 0.15) is 5.52 Å². The van der Waals surface area contributed by atoms with Crippen molar-refractivity contribution in [2.75, 3.05) is 0 Å². The second-order valence-electron chi connectivity index (χ2n) is 5.25. The summed E-state index contributed by atoms with van der Waals surface area (Å²) in [4.78, 5) is 4.50. The first kappa shape index (κ1) is 14.1. The van der Waals surface area contributed by atoms with Crippen molar-refractivity contribution in [3.05, 3.63) is 30.2 Å². The zero-order chi connectivity index (χ0) is 13.7. The lowest BCUT2D eigenvalue weighted by atomic mass is 9.90. The third-order valence-corrected chi connectivity index (χ3v) is 3.81. The van der Waals surface area contributed by atoms with Gasteiger partial charge in [-0.1, -0.05) is 45.2 Å². The van der Waals surface area contributed by atoms with E-state index in [1.807, 2.05) is 24.3 Å². The molecule has 2 aromatic rings. The van der Waals surface area contributed by atoms with Crippen molar-refractivity contribution in [2.45, 2.75) is 52.0 Å². The molecule has 1 heterocycles. The fourth-order valence-corrected chi connectivity index (χ4v) is 2.56. The first-order valence-corrected chi connectivity index (χ1v) is 7.34. The van der Waals surface area contributed by atoms with Gasteiger partial charge in [-0.25, -0.2) is 4.98 Å². The van der Waals surface area contributed by atoms with Crippen molar-refractivity contribution in [3.8, 4) is 0 Å². The maximum Gasteiger partial charge on any atom is 0.197 e. The maximum absolute atomic E-state index is 6.32. The van der Waals surface area contributed by atoms with Gasteiger partial charge in [-0.2, -0.15) is 0 Å². The molecule has 0 saturated carbocycles. The zero-order valence-electron chi connectivity index (χ0n) is 11.9. The molecule has 0 aliphatic rings. The van der Waals surface area contributed by atoms with Crippen LogP contribution in [-0.2, 0) is 6.42 Å². The fraction of sp³-hybridized carbons (Fsp3) is 0.562. The Balaban J connectivity index is 2.02.